The third-order valence-corrected chi connectivity index (χ3v) is 2.56. The van der Waals surface area contributed by atoms with Crippen LogP contribution >= 0.6 is 23.2 Å². The molecule has 0 amide bonds. The van der Waals surface area contributed by atoms with Gasteiger partial charge in [0, 0.05) is 0 Å². The SMILES string of the molecule is [2H]Nc1nc(F)nc(C)c1Cl.[2H]Nc1nc(F)nc(F)c1Cl. The van der Waals surface area contributed by atoms with Crippen molar-refractivity contribution in [2.24, 2.45) is 0 Å². The lowest BCUT2D eigenvalue weighted by molar-refractivity contribution is 0.485. The van der Waals surface area contributed by atoms with Crippen LogP contribution in [0, 0.1) is 25.0 Å². The number of nitrogens with two attached hydrogens (primary N) is 2. The van der Waals surface area contributed by atoms with Gasteiger partial charge in [-0.1, -0.05) is 23.2 Å². The second-order valence-corrected chi connectivity index (χ2v) is 3.94. The van der Waals surface area contributed by atoms with Crippen LogP contribution in [0.4, 0.5) is 24.8 Å². The maximum absolute atomic E-state index is 12.4. The van der Waals surface area contributed by atoms with Gasteiger partial charge in [-0.2, -0.15) is 28.1 Å². The normalized spacial score (nSPS) is 10.9. The summed E-state index contributed by atoms with van der Waals surface area (Å²) in [7, 11) is 0. The average molecular weight is 329 g/mol. The summed E-state index contributed by atoms with van der Waals surface area (Å²) in [6.45, 7) is 1.54. The van der Waals surface area contributed by atoms with Crippen LogP contribution in [-0.4, -0.2) is 19.9 Å². The molecule has 0 aliphatic rings. The lowest BCUT2D eigenvalue weighted by atomic mass is 10.4. The van der Waals surface area contributed by atoms with Crippen molar-refractivity contribution in [2.45, 2.75) is 6.92 Å². The second-order valence-electron chi connectivity index (χ2n) is 3.19. The van der Waals surface area contributed by atoms with Gasteiger partial charge in [0.05, 0.1) is 5.69 Å². The highest BCUT2D eigenvalue weighted by Gasteiger charge is 2.08. The predicted octanol–water partition coefficient (Wildman–Crippen LogP) is 2.15. The first-order chi connectivity index (χ1) is 10.3. The summed E-state index contributed by atoms with van der Waals surface area (Å²) < 4.78 is 50.1. The molecule has 0 aliphatic carbocycles. The number of aromatic nitrogens is 4. The highest BCUT2D eigenvalue weighted by Crippen LogP contribution is 2.18. The van der Waals surface area contributed by atoms with E-state index < -0.39 is 28.9 Å². The smallest absolute Gasteiger partial charge is 0.313 e. The van der Waals surface area contributed by atoms with Gasteiger partial charge >= 0.3 is 12.2 Å². The van der Waals surface area contributed by atoms with E-state index in [1.807, 2.05) is 5.73 Å². The van der Waals surface area contributed by atoms with Crippen molar-refractivity contribution < 1.29 is 16.0 Å². The predicted molar refractivity (Wildman–Crippen MR) is 67.5 cm³/mol. The van der Waals surface area contributed by atoms with Gasteiger partial charge in [0.2, 0.25) is 5.95 Å². The third-order valence-electron chi connectivity index (χ3n) is 1.77. The molecule has 0 unspecified atom stereocenters. The zero-order chi connectivity index (χ0) is 16.9. The molecular weight excluding hydrogens is 320 g/mol. The van der Waals surface area contributed by atoms with Crippen LogP contribution in [-0.2, 0) is 0 Å². The molecule has 108 valence electrons. The summed E-state index contributed by atoms with van der Waals surface area (Å²) in [6, 6.07) is 0. The lowest BCUT2D eigenvalue weighted by Crippen LogP contribution is -2.00. The van der Waals surface area contributed by atoms with Gasteiger partial charge in [-0.25, -0.2) is 4.98 Å². The van der Waals surface area contributed by atoms with Gasteiger partial charge in [0.1, 0.15) is 15.9 Å². The van der Waals surface area contributed by atoms with E-state index in [-0.39, 0.29) is 10.8 Å². The number of hydrogen-bond acceptors (Lipinski definition) is 6. The van der Waals surface area contributed by atoms with E-state index in [1.54, 1.807) is 5.73 Å². The molecule has 0 saturated heterocycles. The molecular formula is C9H7Cl2F3N6. The fourth-order valence-electron chi connectivity index (χ4n) is 0.919. The van der Waals surface area contributed by atoms with Gasteiger partial charge in [-0.05, 0) is 6.92 Å². The Kier molecular flexibility index (Phi) is 4.28. The second kappa shape index (κ2) is 6.53. The van der Waals surface area contributed by atoms with Gasteiger partial charge < -0.3 is 11.5 Å². The van der Waals surface area contributed by atoms with Crippen LogP contribution in [0.1, 0.15) is 5.69 Å². The summed E-state index contributed by atoms with van der Waals surface area (Å²) in [4.78, 5) is 12.3. The Morgan fingerprint density at radius 3 is 1.95 bits per heavy atom. The topological polar surface area (TPSA) is 104 Å². The van der Waals surface area contributed by atoms with Gasteiger partial charge in [-0.3, -0.25) is 0 Å². The van der Waals surface area contributed by atoms with E-state index in [2.05, 4.69) is 19.9 Å². The van der Waals surface area contributed by atoms with Gasteiger partial charge in [0.15, 0.2) is 8.64 Å². The summed E-state index contributed by atoms with van der Waals surface area (Å²) in [5, 5.41) is -0.331. The zero-order valence-electron chi connectivity index (χ0n) is 11.7. The van der Waals surface area contributed by atoms with Crippen LogP contribution in [0.25, 0.3) is 0 Å². The van der Waals surface area contributed by atoms with Crippen LogP contribution < -0.4 is 11.5 Å². The van der Waals surface area contributed by atoms with E-state index in [0.717, 1.165) is 0 Å². The Morgan fingerprint density at radius 2 is 1.40 bits per heavy atom. The van der Waals surface area contributed by atoms with Gasteiger partial charge in [-0.15, -0.1) is 0 Å². The zero-order valence-corrected chi connectivity index (χ0v) is 11.2. The van der Waals surface area contributed by atoms with Crippen LogP contribution in [0.5, 0.6) is 0 Å². The molecule has 0 aromatic carbocycles. The van der Waals surface area contributed by atoms with Crippen molar-refractivity contribution >= 4 is 34.8 Å². The Bertz CT molecular complexity index is 621. The van der Waals surface area contributed by atoms with Crippen molar-refractivity contribution in [3.63, 3.8) is 0 Å². The van der Waals surface area contributed by atoms with E-state index in [0.29, 0.717) is 5.69 Å². The summed E-state index contributed by atoms with van der Waals surface area (Å²) in [5.74, 6) is -1.60. The number of nitrogens with zero attached hydrogens (tertiary/aromatic N) is 4. The first kappa shape index (κ1) is 13.1. The average Bonchev–Trinajstić information content (AvgIpc) is 2.47. The molecule has 11 heteroatoms. The molecule has 0 aliphatic heterocycles. The molecule has 0 saturated carbocycles. The molecule has 0 atom stereocenters. The fourth-order valence-corrected chi connectivity index (χ4v) is 1.09. The minimum atomic E-state index is -1.26. The number of rotatable bonds is 2. The van der Waals surface area contributed by atoms with Crippen LogP contribution in [0.3, 0.4) is 0 Å². The molecule has 0 radical (unpaired) electrons. The van der Waals surface area contributed by atoms with Crippen molar-refractivity contribution in [3.8, 4) is 0 Å². The standard InChI is InChI=1S/C5H5ClFN3.C4H2ClF2N3/c1-2-3(6)4(8)10-5(7)9-2;5-1-2(6)9-4(7)10-3(1)8/h1H3,(H2,8,9,10);(H2,8,9,10)/i/hD2. The summed E-state index contributed by atoms with van der Waals surface area (Å²) in [5.41, 5.74) is 3.88. The van der Waals surface area contributed by atoms with Crippen molar-refractivity contribution in [1.82, 2.24) is 19.9 Å². The van der Waals surface area contributed by atoms with Crippen molar-refractivity contribution in [3.05, 3.63) is 33.8 Å². The number of nitrogen functional groups attached to an aromatic ring is 2. The Balaban J connectivity index is 0.000000220. The molecule has 20 heavy (non-hydrogen) atoms. The Hall–Kier alpha value is -1.87. The number of aryl methyl sites for hydroxylation is 1. The molecule has 0 bridgehead atoms. The minimum Gasteiger partial charge on any atom is -0.382 e. The quantitative estimate of drug-likeness (QED) is 0.646. The fraction of sp³-hybridized carbons (Fsp3) is 0.111. The highest BCUT2D eigenvalue weighted by atomic mass is 35.5. The first-order valence-corrected chi connectivity index (χ1v) is 5.49. The molecule has 2 heterocycles. The summed E-state index contributed by atoms with van der Waals surface area (Å²) >= 11 is 10.8. The van der Waals surface area contributed by atoms with Gasteiger partial charge in [0.25, 0.3) is 0 Å². The molecule has 2 rings (SSSR count). The van der Waals surface area contributed by atoms with E-state index >= 15 is 0 Å². The van der Waals surface area contributed by atoms with E-state index in [4.69, 9.17) is 26.0 Å². The molecule has 4 N–H and O–H groups in total. The lowest BCUT2D eigenvalue weighted by Gasteiger charge is -1.98. The minimum absolute atomic E-state index is 0.0170. The molecule has 2 aromatic heterocycles. The molecule has 2 aromatic rings. The molecule has 6 nitrogen and oxygen atoms in total. The van der Waals surface area contributed by atoms with E-state index in [1.165, 1.54) is 6.92 Å². The maximum atomic E-state index is 12.4. The number of hydrogen-bond donors (Lipinski definition) is 2. The van der Waals surface area contributed by atoms with Crippen LogP contribution in [0.2, 0.25) is 12.9 Å². The Morgan fingerprint density at radius 1 is 0.900 bits per heavy atom. The van der Waals surface area contributed by atoms with Crippen molar-refractivity contribution in [2.75, 3.05) is 11.5 Å². The monoisotopic (exact) mass is 328 g/mol. The third kappa shape index (κ3) is 4.07. The Labute approximate surface area is 123 Å². The summed E-state index contributed by atoms with van der Waals surface area (Å²) in [6.07, 6.45) is -2.15. The number of halogens is 5. The first-order valence-electron chi connectivity index (χ1n) is 5.73. The van der Waals surface area contributed by atoms with E-state index in [9.17, 15) is 13.2 Å². The van der Waals surface area contributed by atoms with Crippen molar-refractivity contribution in [1.29, 1.82) is 0 Å². The molecule has 0 spiro atoms. The largest absolute Gasteiger partial charge is 0.382 e. The molecule has 0 fully saturated rings. The highest BCUT2D eigenvalue weighted by molar-refractivity contribution is 6.33. The maximum Gasteiger partial charge on any atom is 0.313 e. The van der Waals surface area contributed by atoms with Crippen LogP contribution in [0.15, 0.2) is 0 Å². The number of anilines is 2.